The van der Waals surface area contributed by atoms with E-state index in [1.807, 2.05) is 36.5 Å². The maximum atomic E-state index is 5.42. The molecule has 0 saturated heterocycles. The number of hydrogen-bond acceptors (Lipinski definition) is 4. The van der Waals surface area contributed by atoms with E-state index in [0.29, 0.717) is 11.6 Å². The summed E-state index contributed by atoms with van der Waals surface area (Å²) < 4.78 is 10.6. The van der Waals surface area contributed by atoms with Gasteiger partial charge in [0.25, 0.3) is 5.88 Å². The molecule has 0 bridgehead atoms. The first-order chi connectivity index (χ1) is 9.83. The molecule has 4 heteroatoms. The number of fused-ring (bicyclic) bond motifs is 1. The van der Waals surface area contributed by atoms with Crippen LogP contribution in [0.2, 0.25) is 0 Å². The number of aromatic nitrogens is 2. The first kappa shape index (κ1) is 12.4. The predicted molar refractivity (Wildman–Crippen MR) is 78.1 cm³/mol. The summed E-state index contributed by atoms with van der Waals surface area (Å²) in [6.07, 6.45) is 3.53. The highest BCUT2D eigenvalue weighted by Crippen LogP contribution is 2.36. The standard InChI is InChI=1S/C16H14N2O2/c1-19-15-13(7-8-17-16(15)20-2)12-9-11-5-3-4-6-14(11)18-10-12/h3-10H,1-2H3. The Hall–Kier alpha value is -2.62. The molecule has 0 aliphatic carbocycles. The first-order valence-electron chi connectivity index (χ1n) is 6.25. The molecule has 0 saturated carbocycles. The largest absolute Gasteiger partial charge is 0.491 e. The number of rotatable bonds is 3. The van der Waals surface area contributed by atoms with Gasteiger partial charge in [-0.2, -0.15) is 0 Å². The average Bonchev–Trinajstić information content (AvgIpc) is 2.53. The van der Waals surface area contributed by atoms with Crippen LogP contribution >= 0.6 is 0 Å². The lowest BCUT2D eigenvalue weighted by Gasteiger charge is -2.11. The first-order valence-corrected chi connectivity index (χ1v) is 6.25. The molecule has 0 fully saturated rings. The van der Waals surface area contributed by atoms with Crippen LogP contribution in [0.3, 0.4) is 0 Å². The van der Waals surface area contributed by atoms with E-state index < -0.39 is 0 Å². The fourth-order valence-corrected chi connectivity index (χ4v) is 2.22. The molecule has 0 radical (unpaired) electrons. The van der Waals surface area contributed by atoms with Crippen molar-refractivity contribution in [1.82, 2.24) is 9.97 Å². The van der Waals surface area contributed by atoms with E-state index in [0.717, 1.165) is 22.0 Å². The summed E-state index contributed by atoms with van der Waals surface area (Å²) in [7, 11) is 3.19. The minimum Gasteiger partial charge on any atom is -0.491 e. The van der Waals surface area contributed by atoms with Crippen LogP contribution in [0.25, 0.3) is 22.0 Å². The van der Waals surface area contributed by atoms with E-state index in [1.165, 1.54) is 0 Å². The summed E-state index contributed by atoms with van der Waals surface area (Å²) in [6, 6.07) is 12.0. The lowest BCUT2D eigenvalue weighted by atomic mass is 10.1. The van der Waals surface area contributed by atoms with Gasteiger partial charge in [0.05, 0.1) is 19.7 Å². The Morgan fingerprint density at radius 2 is 1.80 bits per heavy atom. The monoisotopic (exact) mass is 266 g/mol. The zero-order valence-electron chi connectivity index (χ0n) is 11.3. The average molecular weight is 266 g/mol. The van der Waals surface area contributed by atoms with Crippen LogP contribution in [0.1, 0.15) is 0 Å². The maximum absolute atomic E-state index is 5.42. The third kappa shape index (κ3) is 2.05. The highest BCUT2D eigenvalue weighted by Gasteiger charge is 2.13. The van der Waals surface area contributed by atoms with Gasteiger partial charge in [-0.1, -0.05) is 18.2 Å². The predicted octanol–water partition coefficient (Wildman–Crippen LogP) is 3.31. The molecule has 0 aliphatic heterocycles. The summed E-state index contributed by atoms with van der Waals surface area (Å²) in [6.45, 7) is 0. The molecular formula is C16H14N2O2. The molecule has 0 atom stereocenters. The van der Waals surface area contributed by atoms with Gasteiger partial charge in [0.1, 0.15) is 0 Å². The minimum atomic E-state index is 0.471. The van der Waals surface area contributed by atoms with Crippen LogP contribution in [0.15, 0.2) is 48.8 Å². The molecule has 0 N–H and O–H groups in total. The Bertz CT molecular complexity index is 756. The van der Waals surface area contributed by atoms with Gasteiger partial charge in [0.15, 0.2) is 5.75 Å². The van der Waals surface area contributed by atoms with Crippen molar-refractivity contribution >= 4 is 10.9 Å². The van der Waals surface area contributed by atoms with Gasteiger partial charge in [-0.05, 0) is 18.2 Å². The van der Waals surface area contributed by atoms with E-state index in [4.69, 9.17) is 9.47 Å². The zero-order chi connectivity index (χ0) is 13.9. The molecule has 4 nitrogen and oxygen atoms in total. The number of benzene rings is 1. The molecule has 2 heterocycles. The highest BCUT2D eigenvalue weighted by atomic mass is 16.5. The van der Waals surface area contributed by atoms with Gasteiger partial charge < -0.3 is 9.47 Å². The van der Waals surface area contributed by atoms with E-state index in [1.54, 1.807) is 20.4 Å². The second-order valence-corrected chi connectivity index (χ2v) is 4.32. The molecule has 1 aromatic carbocycles. The highest BCUT2D eigenvalue weighted by molar-refractivity contribution is 5.85. The lowest BCUT2D eigenvalue weighted by molar-refractivity contribution is 0.344. The van der Waals surface area contributed by atoms with E-state index in [2.05, 4.69) is 16.0 Å². The number of para-hydroxylation sites is 1. The van der Waals surface area contributed by atoms with Crippen LogP contribution in [0.5, 0.6) is 11.6 Å². The van der Waals surface area contributed by atoms with Crippen molar-refractivity contribution in [1.29, 1.82) is 0 Å². The molecule has 0 unspecified atom stereocenters. The van der Waals surface area contributed by atoms with Gasteiger partial charge in [-0.25, -0.2) is 4.98 Å². The fraction of sp³-hybridized carbons (Fsp3) is 0.125. The van der Waals surface area contributed by atoms with E-state index >= 15 is 0 Å². The summed E-state index contributed by atoms with van der Waals surface area (Å²) >= 11 is 0. The molecular weight excluding hydrogens is 252 g/mol. The topological polar surface area (TPSA) is 44.2 Å². The molecule has 20 heavy (non-hydrogen) atoms. The number of ether oxygens (including phenoxy) is 2. The summed E-state index contributed by atoms with van der Waals surface area (Å²) in [5.74, 6) is 1.09. The van der Waals surface area contributed by atoms with Gasteiger partial charge in [0, 0.05) is 28.9 Å². The number of nitrogens with zero attached hydrogens (tertiary/aromatic N) is 2. The second-order valence-electron chi connectivity index (χ2n) is 4.32. The molecule has 0 spiro atoms. The van der Waals surface area contributed by atoms with Crippen LogP contribution < -0.4 is 9.47 Å². The Kier molecular flexibility index (Phi) is 3.21. The number of pyridine rings is 2. The van der Waals surface area contributed by atoms with Gasteiger partial charge >= 0.3 is 0 Å². The Labute approximate surface area is 117 Å². The molecule has 0 amide bonds. The third-order valence-electron chi connectivity index (χ3n) is 3.17. The van der Waals surface area contributed by atoms with Crippen molar-refractivity contribution in [2.24, 2.45) is 0 Å². The van der Waals surface area contributed by atoms with Gasteiger partial charge in [-0.15, -0.1) is 0 Å². The maximum Gasteiger partial charge on any atom is 0.257 e. The summed E-state index contributed by atoms with van der Waals surface area (Å²) in [4.78, 5) is 8.62. The smallest absolute Gasteiger partial charge is 0.257 e. The number of hydrogen-bond donors (Lipinski definition) is 0. The van der Waals surface area contributed by atoms with Crippen molar-refractivity contribution in [2.75, 3.05) is 14.2 Å². The summed E-state index contributed by atoms with van der Waals surface area (Å²) in [5, 5.41) is 1.09. The number of methoxy groups -OCH3 is 2. The summed E-state index contributed by atoms with van der Waals surface area (Å²) in [5.41, 5.74) is 2.86. The van der Waals surface area contributed by atoms with Crippen LogP contribution in [-0.4, -0.2) is 24.2 Å². The second kappa shape index (κ2) is 5.17. The van der Waals surface area contributed by atoms with Crippen molar-refractivity contribution in [3.05, 3.63) is 48.8 Å². The SMILES string of the molecule is COc1nccc(-c2cnc3ccccc3c2)c1OC. The van der Waals surface area contributed by atoms with Crippen molar-refractivity contribution in [2.45, 2.75) is 0 Å². The van der Waals surface area contributed by atoms with Crippen LogP contribution in [0.4, 0.5) is 0 Å². The molecule has 100 valence electrons. The molecule has 2 aromatic heterocycles. The Morgan fingerprint density at radius 3 is 2.60 bits per heavy atom. The zero-order valence-corrected chi connectivity index (χ0v) is 11.3. The quantitative estimate of drug-likeness (QED) is 0.729. The molecule has 3 rings (SSSR count). The third-order valence-corrected chi connectivity index (χ3v) is 3.17. The Morgan fingerprint density at radius 1 is 0.950 bits per heavy atom. The fourth-order valence-electron chi connectivity index (χ4n) is 2.22. The molecule has 0 aliphatic rings. The van der Waals surface area contributed by atoms with Crippen LogP contribution in [-0.2, 0) is 0 Å². The van der Waals surface area contributed by atoms with E-state index in [9.17, 15) is 0 Å². The minimum absolute atomic E-state index is 0.471. The van der Waals surface area contributed by atoms with Crippen molar-refractivity contribution in [3.63, 3.8) is 0 Å². The molecule has 3 aromatic rings. The van der Waals surface area contributed by atoms with Crippen molar-refractivity contribution in [3.8, 4) is 22.8 Å². The van der Waals surface area contributed by atoms with E-state index in [-0.39, 0.29) is 0 Å². The van der Waals surface area contributed by atoms with Gasteiger partial charge in [0.2, 0.25) is 0 Å². The lowest BCUT2D eigenvalue weighted by Crippen LogP contribution is -1.96. The van der Waals surface area contributed by atoms with Crippen molar-refractivity contribution < 1.29 is 9.47 Å². The van der Waals surface area contributed by atoms with Crippen LogP contribution in [0, 0.1) is 0 Å². The normalized spacial score (nSPS) is 10.5. The van der Waals surface area contributed by atoms with Gasteiger partial charge in [-0.3, -0.25) is 4.98 Å². The Balaban J connectivity index is 2.20.